The summed E-state index contributed by atoms with van der Waals surface area (Å²) < 4.78 is 15.6. The molecule has 3 aromatic rings. The van der Waals surface area contributed by atoms with Gasteiger partial charge in [0.15, 0.2) is 17.3 Å². The van der Waals surface area contributed by atoms with E-state index in [0.29, 0.717) is 17.3 Å². The third kappa shape index (κ3) is 4.35. The zero-order chi connectivity index (χ0) is 19.2. The van der Waals surface area contributed by atoms with Crippen LogP contribution in [0.4, 0.5) is 5.95 Å². The minimum Gasteiger partial charge on any atom is -0.497 e. The molecule has 0 saturated carbocycles. The van der Waals surface area contributed by atoms with E-state index < -0.39 is 0 Å². The SMILES string of the molecule is COc1ccc(-c2nc(NC(=O)Cc3ccc(OC)c(OC)c3)n[nH]2)cc1. The van der Waals surface area contributed by atoms with Gasteiger partial charge in [0.05, 0.1) is 27.8 Å². The first-order valence-electron chi connectivity index (χ1n) is 8.20. The summed E-state index contributed by atoms with van der Waals surface area (Å²) in [7, 11) is 4.72. The second-order valence-electron chi connectivity index (χ2n) is 5.65. The van der Waals surface area contributed by atoms with Crippen molar-refractivity contribution in [3.63, 3.8) is 0 Å². The lowest BCUT2D eigenvalue weighted by Crippen LogP contribution is -2.15. The Hall–Kier alpha value is -3.55. The number of carbonyl (C=O) groups excluding carboxylic acids is 1. The Morgan fingerprint density at radius 1 is 1.00 bits per heavy atom. The predicted molar refractivity (Wildman–Crippen MR) is 100 cm³/mol. The van der Waals surface area contributed by atoms with Crippen LogP contribution in [0.3, 0.4) is 0 Å². The highest BCUT2D eigenvalue weighted by Crippen LogP contribution is 2.27. The van der Waals surface area contributed by atoms with E-state index in [2.05, 4.69) is 20.5 Å². The summed E-state index contributed by atoms with van der Waals surface area (Å²) in [5.74, 6) is 2.47. The molecule has 1 heterocycles. The van der Waals surface area contributed by atoms with E-state index in [1.165, 1.54) is 0 Å². The largest absolute Gasteiger partial charge is 0.497 e. The summed E-state index contributed by atoms with van der Waals surface area (Å²) in [6, 6.07) is 12.7. The number of carbonyl (C=O) groups is 1. The topological polar surface area (TPSA) is 98.4 Å². The number of amides is 1. The summed E-state index contributed by atoms with van der Waals surface area (Å²) >= 11 is 0. The van der Waals surface area contributed by atoms with Crippen molar-refractivity contribution in [1.82, 2.24) is 15.2 Å². The third-order valence-electron chi connectivity index (χ3n) is 3.91. The number of ether oxygens (including phenoxy) is 3. The summed E-state index contributed by atoms with van der Waals surface area (Å²) in [6.07, 6.45) is 0.159. The molecule has 1 aromatic heterocycles. The van der Waals surface area contributed by atoms with Gasteiger partial charge in [0.25, 0.3) is 0 Å². The molecule has 140 valence electrons. The van der Waals surface area contributed by atoms with E-state index in [0.717, 1.165) is 16.9 Å². The van der Waals surface area contributed by atoms with Gasteiger partial charge in [-0.25, -0.2) is 0 Å². The molecule has 0 saturated heterocycles. The highest BCUT2D eigenvalue weighted by molar-refractivity contribution is 5.90. The number of nitrogens with zero attached hydrogens (tertiary/aromatic N) is 2. The molecular weight excluding hydrogens is 348 g/mol. The van der Waals surface area contributed by atoms with Crippen LogP contribution in [-0.4, -0.2) is 42.4 Å². The van der Waals surface area contributed by atoms with Crippen LogP contribution in [0, 0.1) is 0 Å². The molecule has 0 aliphatic heterocycles. The third-order valence-corrected chi connectivity index (χ3v) is 3.91. The van der Waals surface area contributed by atoms with Crippen LogP contribution in [0.15, 0.2) is 42.5 Å². The highest BCUT2D eigenvalue weighted by atomic mass is 16.5. The second-order valence-corrected chi connectivity index (χ2v) is 5.65. The van der Waals surface area contributed by atoms with Crippen molar-refractivity contribution < 1.29 is 19.0 Å². The van der Waals surface area contributed by atoms with E-state index in [4.69, 9.17) is 14.2 Å². The van der Waals surface area contributed by atoms with Crippen LogP contribution in [0.25, 0.3) is 11.4 Å². The summed E-state index contributed by atoms with van der Waals surface area (Å²) in [6.45, 7) is 0. The van der Waals surface area contributed by atoms with Gasteiger partial charge in [0.1, 0.15) is 5.75 Å². The number of rotatable bonds is 7. The molecule has 2 N–H and O–H groups in total. The van der Waals surface area contributed by atoms with Gasteiger partial charge in [0, 0.05) is 5.56 Å². The summed E-state index contributed by atoms with van der Waals surface area (Å²) in [5.41, 5.74) is 1.62. The van der Waals surface area contributed by atoms with Gasteiger partial charge >= 0.3 is 0 Å². The number of methoxy groups -OCH3 is 3. The van der Waals surface area contributed by atoms with Crippen molar-refractivity contribution in [2.24, 2.45) is 0 Å². The first-order valence-corrected chi connectivity index (χ1v) is 8.20. The molecule has 27 heavy (non-hydrogen) atoms. The number of aromatic amines is 1. The average Bonchev–Trinajstić information content (AvgIpc) is 3.16. The van der Waals surface area contributed by atoms with Crippen molar-refractivity contribution in [2.45, 2.75) is 6.42 Å². The van der Waals surface area contributed by atoms with Gasteiger partial charge in [-0.2, -0.15) is 4.98 Å². The molecule has 0 atom stereocenters. The normalized spacial score (nSPS) is 10.3. The number of hydrogen-bond donors (Lipinski definition) is 2. The fraction of sp³-hybridized carbons (Fsp3) is 0.211. The number of H-pyrrole nitrogens is 1. The van der Waals surface area contributed by atoms with Gasteiger partial charge in [-0.1, -0.05) is 6.07 Å². The summed E-state index contributed by atoms with van der Waals surface area (Å²) in [5, 5.41) is 9.52. The highest BCUT2D eigenvalue weighted by Gasteiger charge is 2.12. The number of benzene rings is 2. The van der Waals surface area contributed by atoms with Crippen LogP contribution in [-0.2, 0) is 11.2 Å². The van der Waals surface area contributed by atoms with E-state index in [1.807, 2.05) is 30.3 Å². The lowest BCUT2D eigenvalue weighted by Gasteiger charge is -2.09. The number of aromatic nitrogens is 3. The van der Waals surface area contributed by atoms with Crippen molar-refractivity contribution in [3.05, 3.63) is 48.0 Å². The Kier molecular flexibility index (Phi) is 5.55. The molecule has 0 spiro atoms. The van der Waals surface area contributed by atoms with E-state index in [1.54, 1.807) is 33.5 Å². The molecule has 1 amide bonds. The van der Waals surface area contributed by atoms with Crippen molar-refractivity contribution in [3.8, 4) is 28.6 Å². The lowest BCUT2D eigenvalue weighted by molar-refractivity contribution is -0.115. The molecule has 0 aliphatic rings. The van der Waals surface area contributed by atoms with Crippen molar-refractivity contribution in [2.75, 3.05) is 26.6 Å². The maximum absolute atomic E-state index is 12.3. The summed E-state index contributed by atoms with van der Waals surface area (Å²) in [4.78, 5) is 16.6. The number of hydrogen-bond acceptors (Lipinski definition) is 6. The number of nitrogens with one attached hydrogen (secondary N) is 2. The Balaban J connectivity index is 1.65. The molecule has 8 heteroatoms. The van der Waals surface area contributed by atoms with Crippen molar-refractivity contribution in [1.29, 1.82) is 0 Å². The minimum atomic E-state index is -0.234. The number of anilines is 1. The smallest absolute Gasteiger partial charge is 0.249 e. The fourth-order valence-electron chi connectivity index (χ4n) is 2.54. The Morgan fingerprint density at radius 3 is 2.41 bits per heavy atom. The minimum absolute atomic E-state index is 0.159. The van der Waals surface area contributed by atoms with Crippen LogP contribution < -0.4 is 19.5 Å². The molecular formula is C19H20N4O4. The van der Waals surface area contributed by atoms with E-state index >= 15 is 0 Å². The molecule has 2 aromatic carbocycles. The molecule has 0 fully saturated rings. The first kappa shape index (κ1) is 18.2. The van der Waals surface area contributed by atoms with Crippen LogP contribution in [0.1, 0.15) is 5.56 Å². The quantitative estimate of drug-likeness (QED) is 0.665. The Bertz CT molecular complexity index is 922. The standard InChI is InChI=1S/C19H20N4O4/c1-25-14-7-5-13(6-8-14)18-21-19(23-22-18)20-17(24)11-12-4-9-15(26-2)16(10-12)27-3/h4-10H,11H2,1-3H3,(H2,20,21,22,23,24). The Labute approximate surface area is 156 Å². The maximum Gasteiger partial charge on any atom is 0.249 e. The fourth-order valence-corrected chi connectivity index (χ4v) is 2.54. The van der Waals surface area contributed by atoms with Gasteiger partial charge in [0.2, 0.25) is 11.9 Å². The van der Waals surface area contributed by atoms with Gasteiger partial charge in [-0.05, 0) is 42.0 Å². The van der Waals surface area contributed by atoms with Crippen LogP contribution in [0.2, 0.25) is 0 Å². The molecule has 0 bridgehead atoms. The van der Waals surface area contributed by atoms with E-state index in [9.17, 15) is 4.79 Å². The van der Waals surface area contributed by atoms with Crippen LogP contribution >= 0.6 is 0 Å². The first-order chi connectivity index (χ1) is 13.1. The molecule has 3 rings (SSSR count). The molecule has 8 nitrogen and oxygen atoms in total. The molecule has 0 radical (unpaired) electrons. The van der Waals surface area contributed by atoms with Crippen molar-refractivity contribution >= 4 is 11.9 Å². The van der Waals surface area contributed by atoms with Gasteiger partial charge < -0.3 is 14.2 Å². The second kappa shape index (κ2) is 8.22. The van der Waals surface area contributed by atoms with E-state index in [-0.39, 0.29) is 18.3 Å². The molecule has 0 aliphatic carbocycles. The average molecular weight is 368 g/mol. The Morgan fingerprint density at radius 2 is 1.74 bits per heavy atom. The predicted octanol–water partition coefficient (Wildman–Crippen LogP) is 2.68. The maximum atomic E-state index is 12.3. The monoisotopic (exact) mass is 368 g/mol. The van der Waals surface area contributed by atoms with Crippen LogP contribution in [0.5, 0.6) is 17.2 Å². The lowest BCUT2D eigenvalue weighted by atomic mass is 10.1. The molecule has 0 unspecified atom stereocenters. The zero-order valence-electron chi connectivity index (χ0n) is 15.3. The van der Waals surface area contributed by atoms with Gasteiger partial charge in [-0.15, -0.1) is 5.10 Å². The van der Waals surface area contributed by atoms with Gasteiger partial charge in [-0.3, -0.25) is 15.2 Å². The zero-order valence-corrected chi connectivity index (χ0v) is 15.3.